The van der Waals surface area contributed by atoms with Crippen LogP contribution >= 0.6 is 0 Å². The molecule has 18 heavy (non-hydrogen) atoms. The van der Waals surface area contributed by atoms with Gasteiger partial charge in [0.15, 0.2) is 0 Å². The lowest BCUT2D eigenvalue weighted by Crippen LogP contribution is -1.94. The van der Waals surface area contributed by atoms with Gasteiger partial charge >= 0.3 is 0 Å². The number of nitrogens with two attached hydrogens (primary N) is 1. The van der Waals surface area contributed by atoms with Gasteiger partial charge in [0.25, 0.3) is 0 Å². The number of hydrogen-bond acceptors (Lipinski definition) is 3. The monoisotopic (exact) mass is 244 g/mol. The number of nitrogens with one attached hydrogen (secondary N) is 1. The van der Waals surface area contributed by atoms with Gasteiger partial charge in [-0.3, -0.25) is 0 Å². The fourth-order valence-electron chi connectivity index (χ4n) is 1.39. The maximum Gasteiger partial charge on any atom is 0.120 e. The quantitative estimate of drug-likeness (QED) is 0.872. The Hall–Kier alpha value is -2.00. The van der Waals surface area contributed by atoms with Crippen LogP contribution in [-0.4, -0.2) is 14.2 Å². The fourth-order valence-corrected chi connectivity index (χ4v) is 1.39. The first-order chi connectivity index (χ1) is 8.80. The van der Waals surface area contributed by atoms with Gasteiger partial charge in [-0.1, -0.05) is 36.4 Å². The molecule has 0 heterocycles. The Balaban J connectivity index is 0.000000184. The molecule has 0 unspecified atom stereocenters. The first kappa shape index (κ1) is 14.1. The Labute approximate surface area is 109 Å². The first-order valence-electron chi connectivity index (χ1n) is 5.86. The van der Waals surface area contributed by atoms with Gasteiger partial charge in [0.2, 0.25) is 0 Å². The van der Waals surface area contributed by atoms with E-state index in [-0.39, 0.29) is 0 Å². The van der Waals surface area contributed by atoms with Crippen molar-refractivity contribution in [3.05, 3.63) is 60.2 Å². The molecule has 0 aromatic heterocycles. The molecule has 3 nitrogen and oxygen atoms in total. The summed E-state index contributed by atoms with van der Waals surface area (Å²) in [5.74, 6) is 0.881. The Morgan fingerprint density at radius 2 is 1.78 bits per heavy atom. The molecule has 2 aromatic carbocycles. The number of ether oxygens (including phenoxy) is 1. The molecule has 0 aliphatic carbocycles. The summed E-state index contributed by atoms with van der Waals surface area (Å²) in [7, 11) is 3.55. The van der Waals surface area contributed by atoms with Gasteiger partial charge in [0, 0.05) is 25.3 Å². The zero-order valence-electron chi connectivity index (χ0n) is 10.9. The van der Waals surface area contributed by atoms with Crippen LogP contribution in [0.15, 0.2) is 54.6 Å². The lowest BCUT2D eigenvalue weighted by atomic mass is 10.2. The van der Waals surface area contributed by atoms with E-state index in [0.29, 0.717) is 6.54 Å². The highest BCUT2D eigenvalue weighted by Crippen LogP contribution is 2.15. The molecule has 2 aromatic rings. The van der Waals surface area contributed by atoms with Crippen molar-refractivity contribution < 1.29 is 4.74 Å². The van der Waals surface area contributed by atoms with Gasteiger partial charge in [-0.05, 0) is 17.7 Å². The maximum atomic E-state index is 5.35. The van der Waals surface area contributed by atoms with Crippen molar-refractivity contribution in [3.8, 4) is 5.75 Å². The highest BCUT2D eigenvalue weighted by molar-refractivity contribution is 5.47. The highest BCUT2D eigenvalue weighted by atomic mass is 16.5. The number of benzene rings is 2. The molecule has 0 fully saturated rings. The summed E-state index contributed by atoms with van der Waals surface area (Å²) >= 11 is 0. The average molecular weight is 244 g/mol. The van der Waals surface area contributed by atoms with E-state index in [0.717, 1.165) is 11.4 Å². The summed E-state index contributed by atoms with van der Waals surface area (Å²) in [6, 6.07) is 17.8. The van der Waals surface area contributed by atoms with E-state index in [1.807, 2.05) is 61.6 Å². The van der Waals surface area contributed by atoms with Gasteiger partial charge in [-0.15, -0.1) is 0 Å². The van der Waals surface area contributed by atoms with E-state index in [1.165, 1.54) is 5.56 Å². The summed E-state index contributed by atoms with van der Waals surface area (Å²) in [6.07, 6.45) is 0. The summed E-state index contributed by atoms with van der Waals surface area (Å²) in [5.41, 5.74) is 7.61. The van der Waals surface area contributed by atoms with Crippen molar-refractivity contribution >= 4 is 5.69 Å². The Kier molecular flexibility index (Phi) is 6.36. The van der Waals surface area contributed by atoms with Gasteiger partial charge in [0.1, 0.15) is 5.75 Å². The molecule has 2 rings (SSSR count). The minimum Gasteiger partial charge on any atom is -0.497 e. The molecule has 0 saturated heterocycles. The number of methoxy groups -OCH3 is 1. The van der Waals surface area contributed by atoms with Crippen LogP contribution in [0, 0.1) is 0 Å². The van der Waals surface area contributed by atoms with E-state index in [1.54, 1.807) is 7.11 Å². The third-order valence-electron chi connectivity index (χ3n) is 2.44. The number of anilines is 1. The van der Waals surface area contributed by atoms with Crippen molar-refractivity contribution in [3.63, 3.8) is 0 Å². The van der Waals surface area contributed by atoms with E-state index in [9.17, 15) is 0 Å². The van der Waals surface area contributed by atoms with Gasteiger partial charge < -0.3 is 15.8 Å². The van der Waals surface area contributed by atoms with Crippen molar-refractivity contribution in [1.29, 1.82) is 0 Å². The molecule has 0 radical (unpaired) electrons. The zero-order valence-corrected chi connectivity index (χ0v) is 10.9. The van der Waals surface area contributed by atoms with Crippen LogP contribution < -0.4 is 15.8 Å². The van der Waals surface area contributed by atoms with Gasteiger partial charge in [0.05, 0.1) is 7.11 Å². The minimum atomic E-state index is 0.640. The van der Waals surface area contributed by atoms with Crippen LogP contribution in [0.3, 0.4) is 0 Å². The predicted octanol–water partition coefficient (Wildman–Crippen LogP) is 2.88. The molecule has 96 valence electrons. The summed E-state index contributed by atoms with van der Waals surface area (Å²) in [6.45, 7) is 0.640. The van der Waals surface area contributed by atoms with Gasteiger partial charge in [-0.2, -0.15) is 0 Å². The SMILES string of the molecule is CNc1cccc(OC)c1.NCc1ccccc1. The topological polar surface area (TPSA) is 47.3 Å². The largest absolute Gasteiger partial charge is 0.497 e. The second kappa shape index (κ2) is 8.14. The van der Waals surface area contributed by atoms with Crippen LogP contribution in [-0.2, 0) is 6.54 Å². The van der Waals surface area contributed by atoms with Crippen LogP contribution in [0.1, 0.15) is 5.56 Å². The number of hydrogen-bond donors (Lipinski definition) is 2. The second-order valence-corrected chi connectivity index (χ2v) is 3.67. The number of rotatable bonds is 3. The van der Waals surface area contributed by atoms with Crippen LogP contribution in [0.2, 0.25) is 0 Å². The molecule has 0 saturated carbocycles. The van der Waals surface area contributed by atoms with Crippen LogP contribution in [0.5, 0.6) is 5.75 Å². The molecular weight excluding hydrogens is 224 g/mol. The fraction of sp³-hybridized carbons (Fsp3) is 0.200. The molecule has 0 aliphatic heterocycles. The van der Waals surface area contributed by atoms with E-state index in [2.05, 4.69) is 5.32 Å². The van der Waals surface area contributed by atoms with Crippen molar-refractivity contribution in [1.82, 2.24) is 0 Å². The Morgan fingerprint density at radius 1 is 1.06 bits per heavy atom. The molecule has 0 spiro atoms. The molecule has 3 N–H and O–H groups in total. The van der Waals surface area contributed by atoms with Crippen molar-refractivity contribution in [2.75, 3.05) is 19.5 Å². The zero-order chi connectivity index (χ0) is 13.2. The second-order valence-electron chi connectivity index (χ2n) is 3.67. The summed E-state index contributed by atoms with van der Waals surface area (Å²) in [5, 5.41) is 3.02. The molecule has 3 heteroatoms. The van der Waals surface area contributed by atoms with Crippen LogP contribution in [0.4, 0.5) is 5.69 Å². The molecule has 0 aliphatic rings. The third-order valence-corrected chi connectivity index (χ3v) is 2.44. The normalized spacial score (nSPS) is 9.06. The van der Waals surface area contributed by atoms with Crippen molar-refractivity contribution in [2.45, 2.75) is 6.54 Å². The van der Waals surface area contributed by atoms with Crippen LogP contribution in [0.25, 0.3) is 0 Å². The molecule has 0 amide bonds. The summed E-state index contributed by atoms with van der Waals surface area (Å²) < 4.78 is 5.02. The molecule has 0 atom stereocenters. The van der Waals surface area contributed by atoms with Crippen molar-refractivity contribution in [2.24, 2.45) is 5.73 Å². The van der Waals surface area contributed by atoms with E-state index < -0.39 is 0 Å². The molecular formula is C15H20N2O. The Morgan fingerprint density at radius 3 is 2.28 bits per heavy atom. The molecule has 0 bridgehead atoms. The lowest BCUT2D eigenvalue weighted by molar-refractivity contribution is 0.415. The predicted molar refractivity (Wildman–Crippen MR) is 76.9 cm³/mol. The lowest BCUT2D eigenvalue weighted by Gasteiger charge is -2.01. The first-order valence-corrected chi connectivity index (χ1v) is 5.86. The smallest absolute Gasteiger partial charge is 0.120 e. The average Bonchev–Trinajstić information content (AvgIpc) is 2.48. The van der Waals surface area contributed by atoms with E-state index in [4.69, 9.17) is 10.5 Å². The van der Waals surface area contributed by atoms with Gasteiger partial charge in [-0.25, -0.2) is 0 Å². The minimum absolute atomic E-state index is 0.640. The van der Waals surface area contributed by atoms with E-state index >= 15 is 0 Å². The highest BCUT2D eigenvalue weighted by Gasteiger charge is 1.89. The maximum absolute atomic E-state index is 5.35. The standard InChI is InChI=1S/C8H11NO.C7H9N/c1-9-7-4-3-5-8(6-7)10-2;8-6-7-4-2-1-3-5-7/h3-6,9H,1-2H3;1-5H,6,8H2. The third kappa shape index (κ3) is 4.89. The summed E-state index contributed by atoms with van der Waals surface area (Å²) in [4.78, 5) is 0. The Bertz CT molecular complexity index is 424.